The molecule has 2 aliphatic heterocycles. The zero-order chi connectivity index (χ0) is 28.1. The maximum absolute atomic E-state index is 14.2. The van der Waals surface area contributed by atoms with E-state index in [1.165, 1.54) is 12.8 Å². The van der Waals surface area contributed by atoms with Crippen molar-refractivity contribution < 1.29 is 9.90 Å². The smallest absolute Gasteiger partial charge is 0.201 e. The summed E-state index contributed by atoms with van der Waals surface area (Å²) in [7, 11) is 0. The minimum absolute atomic E-state index is 0.0746. The first-order valence-electron chi connectivity index (χ1n) is 15.6. The summed E-state index contributed by atoms with van der Waals surface area (Å²) in [5.74, 6) is -0.0382. The van der Waals surface area contributed by atoms with Crippen molar-refractivity contribution in [2.24, 2.45) is 4.99 Å². The third-order valence-electron chi connectivity index (χ3n) is 10.3. The Morgan fingerprint density at radius 3 is 2.07 bits per heavy atom. The molecule has 0 saturated heterocycles. The highest BCUT2D eigenvalue weighted by atomic mass is 16.3. The van der Waals surface area contributed by atoms with Gasteiger partial charge in [0.15, 0.2) is 0 Å². The van der Waals surface area contributed by atoms with Crippen molar-refractivity contribution in [1.29, 1.82) is 0 Å². The number of benzene rings is 4. The number of Topliss-reactive ketones (excluding diaryl/α,β-unsaturated/α-hetero) is 1. The number of allylic oxidation sites excluding steroid dienone is 2. The van der Waals surface area contributed by atoms with E-state index in [-0.39, 0.29) is 22.9 Å². The molecule has 210 valence electrons. The Morgan fingerprint density at radius 1 is 0.667 bits per heavy atom. The molecule has 42 heavy (non-hydrogen) atoms. The van der Waals surface area contributed by atoms with Crippen molar-refractivity contribution in [3.05, 3.63) is 82.6 Å². The first kappa shape index (κ1) is 24.3. The van der Waals surface area contributed by atoms with Gasteiger partial charge in [-0.3, -0.25) is 9.79 Å². The third-order valence-corrected chi connectivity index (χ3v) is 10.3. The molecule has 0 atom stereocenters. The van der Waals surface area contributed by atoms with Crippen LogP contribution in [0, 0.1) is 0 Å². The van der Waals surface area contributed by atoms with Crippen LogP contribution in [-0.2, 0) is 4.79 Å². The monoisotopic (exact) mass is 554 g/mol. The van der Waals surface area contributed by atoms with Crippen LogP contribution in [0.4, 0.5) is 17.1 Å². The van der Waals surface area contributed by atoms with Gasteiger partial charge in [0, 0.05) is 32.9 Å². The number of aliphatic hydroxyl groups excluding tert-OH is 1. The first-order valence-corrected chi connectivity index (χ1v) is 15.6. The van der Waals surface area contributed by atoms with Crippen molar-refractivity contribution in [2.45, 2.75) is 75.5 Å². The molecule has 0 radical (unpaired) electrons. The molecule has 2 fully saturated rings. The second-order valence-electron chi connectivity index (χ2n) is 12.9. The van der Waals surface area contributed by atoms with Gasteiger partial charge in [-0.15, -0.1) is 0 Å². The summed E-state index contributed by atoms with van der Waals surface area (Å²) in [6.07, 6.45) is 11.0. The highest BCUT2D eigenvalue weighted by molar-refractivity contribution is 6.52. The summed E-state index contributed by atoms with van der Waals surface area (Å²) in [4.78, 5) is 19.5. The SMILES string of the molecule is O=C1C(c2ccc3cccc4c3c2NC2(CCCCC2)N4)=C(O)/C1=c1\ccc2cccc3c2c1=NC1(CCCCC1)N3. The molecule has 5 aliphatic rings. The third kappa shape index (κ3) is 3.32. The van der Waals surface area contributed by atoms with E-state index in [0.29, 0.717) is 11.1 Å². The largest absolute Gasteiger partial charge is 0.506 e. The number of nitrogens with zero attached hydrogens (tertiary/aromatic N) is 1. The van der Waals surface area contributed by atoms with E-state index in [1.54, 1.807) is 0 Å². The van der Waals surface area contributed by atoms with Gasteiger partial charge in [0.25, 0.3) is 0 Å². The Balaban J connectivity index is 1.27. The average molecular weight is 555 g/mol. The fourth-order valence-electron chi connectivity index (χ4n) is 8.31. The van der Waals surface area contributed by atoms with E-state index >= 15 is 0 Å². The second kappa shape index (κ2) is 8.60. The lowest BCUT2D eigenvalue weighted by Gasteiger charge is -2.45. The number of carbonyl (C=O) groups is 1. The molecule has 0 unspecified atom stereocenters. The molecule has 2 spiro atoms. The molecule has 2 heterocycles. The molecule has 9 rings (SSSR count). The van der Waals surface area contributed by atoms with Gasteiger partial charge in [-0.25, -0.2) is 0 Å². The Hall–Kier alpha value is -4.32. The van der Waals surface area contributed by atoms with Gasteiger partial charge in [-0.1, -0.05) is 61.4 Å². The quantitative estimate of drug-likeness (QED) is 0.206. The van der Waals surface area contributed by atoms with Gasteiger partial charge in [-0.2, -0.15) is 0 Å². The number of hydrogen-bond donors (Lipinski definition) is 4. The lowest BCUT2D eigenvalue weighted by Crippen LogP contribution is -2.49. The van der Waals surface area contributed by atoms with E-state index in [9.17, 15) is 9.90 Å². The first-order chi connectivity index (χ1) is 20.5. The predicted molar refractivity (Wildman–Crippen MR) is 169 cm³/mol. The average Bonchev–Trinajstić information content (AvgIpc) is 3.00. The number of hydrogen-bond acceptors (Lipinski definition) is 6. The molecule has 6 nitrogen and oxygen atoms in total. The summed E-state index contributed by atoms with van der Waals surface area (Å²) >= 11 is 0. The molecule has 0 amide bonds. The molecule has 4 N–H and O–H groups in total. The molecular formula is C36H34N4O2. The molecule has 6 heteroatoms. The number of aliphatic hydroxyl groups is 1. The van der Waals surface area contributed by atoms with Crippen LogP contribution in [0.5, 0.6) is 0 Å². The molecule has 0 aromatic heterocycles. The standard InChI is InChI=1S/C36H34N4O2/c41-33-29(23-15-13-21-9-7-11-25-27(21)31(23)39-35(37-25)17-3-1-4-18-35)34(42)30(33)24-16-14-22-10-8-12-26-28(22)32(24)40-36(38-26)19-5-2-6-20-36/h7-16,37-39,41H,1-6,17-20H2/b30-24-. The zero-order valence-electron chi connectivity index (χ0n) is 23.6. The van der Waals surface area contributed by atoms with Gasteiger partial charge < -0.3 is 21.1 Å². The van der Waals surface area contributed by atoms with E-state index in [1.807, 2.05) is 18.2 Å². The van der Waals surface area contributed by atoms with Crippen molar-refractivity contribution >= 4 is 55.5 Å². The number of anilines is 3. The normalized spacial score (nSPS) is 22.8. The summed E-state index contributed by atoms with van der Waals surface area (Å²) in [6.45, 7) is 0. The van der Waals surface area contributed by atoms with Gasteiger partial charge in [0.1, 0.15) is 17.1 Å². The van der Waals surface area contributed by atoms with Crippen LogP contribution >= 0.6 is 0 Å². The van der Waals surface area contributed by atoms with Crippen LogP contribution in [0.1, 0.15) is 69.8 Å². The number of rotatable bonds is 1. The molecular weight excluding hydrogens is 520 g/mol. The van der Waals surface area contributed by atoms with Crippen LogP contribution in [-0.4, -0.2) is 22.2 Å². The predicted octanol–water partition coefficient (Wildman–Crippen LogP) is 6.90. The number of carbonyl (C=O) groups excluding carboxylic acids is 1. The lowest BCUT2D eigenvalue weighted by molar-refractivity contribution is -0.109. The molecule has 2 saturated carbocycles. The van der Waals surface area contributed by atoms with Crippen molar-refractivity contribution in [1.82, 2.24) is 0 Å². The molecule has 0 bridgehead atoms. The number of nitrogens with one attached hydrogen (secondary N) is 3. The maximum atomic E-state index is 14.2. The van der Waals surface area contributed by atoms with Gasteiger partial charge in [0.2, 0.25) is 5.78 Å². The van der Waals surface area contributed by atoms with E-state index in [4.69, 9.17) is 4.99 Å². The minimum Gasteiger partial charge on any atom is -0.506 e. The lowest BCUT2D eigenvalue weighted by atomic mass is 9.79. The van der Waals surface area contributed by atoms with Crippen molar-refractivity contribution in [3.8, 4) is 0 Å². The highest BCUT2D eigenvalue weighted by Crippen LogP contribution is 2.48. The van der Waals surface area contributed by atoms with Crippen LogP contribution in [0.2, 0.25) is 0 Å². The Kier molecular flexibility index (Phi) is 4.98. The summed E-state index contributed by atoms with van der Waals surface area (Å²) in [5, 5.41) is 29.0. The van der Waals surface area contributed by atoms with E-state index in [2.05, 4.69) is 58.4 Å². The zero-order valence-corrected chi connectivity index (χ0v) is 23.6. The Bertz CT molecular complexity index is 2010. The molecule has 4 aromatic rings. The van der Waals surface area contributed by atoms with Crippen molar-refractivity contribution in [3.63, 3.8) is 0 Å². The van der Waals surface area contributed by atoms with E-state index < -0.39 is 0 Å². The summed E-state index contributed by atoms with van der Waals surface area (Å²) in [5.41, 5.74) is 4.10. The molecule has 3 aliphatic carbocycles. The summed E-state index contributed by atoms with van der Waals surface area (Å²) < 4.78 is 0. The topological polar surface area (TPSA) is 85.8 Å². The van der Waals surface area contributed by atoms with Crippen molar-refractivity contribution in [2.75, 3.05) is 16.0 Å². The van der Waals surface area contributed by atoms with Crippen LogP contribution in [0.15, 0.2) is 71.4 Å². The molecule has 4 aromatic carbocycles. The number of ketones is 1. The van der Waals surface area contributed by atoms with Gasteiger partial charge in [-0.05, 0) is 74.3 Å². The van der Waals surface area contributed by atoms with Gasteiger partial charge >= 0.3 is 0 Å². The van der Waals surface area contributed by atoms with Crippen LogP contribution < -0.4 is 26.5 Å². The fraction of sp³-hybridized carbons (Fsp3) is 0.333. The fourth-order valence-corrected chi connectivity index (χ4v) is 8.31. The highest BCUT2D eigenvalue weighted by Gasteiger charge is 2.42. The second-order valence-corrected chi connectivity index (χ2v) is 12.9. The van der Waals surface area contributed by atoms with Gasteiger partial charge in [0.05, 0.1) is 22.2 Å². The maximum Gasteiger partial charge on any atom is 0.201 e. The summed E-state index contributed by atoms with van der Waals surface area (Å²) in [6, 6.07) is 20.7. The van der Waals surface area contributed by atoms with Crippen LogP contribution in [0.25, 0.3) is 32.7 Å². The van der Waals surface area contributed by atoms with Crippen LogP contribution in [0.3, 0.4) is 0 Å². The minimum atomic E-state index is -0.352. The van der Waals surface area contributed by atoms with E-state index in [0.717, 1.165) is 106 Å². The Labute approximate surface area is 244 Å². The Morgan fingerprint density at radius 2 is 1.33 bits per heavy atom.